The molecule has 0 amide bonds. The van der Waals surface area contributed by atoms with E-state index >= 15 is 0 Å². The summed E-state index contributed by atoms with van der Waals surface area (Å²) in [5.74, 6) is 0.636. The minimum atomic E-state index is -0.610. The van der Waals surface area contributed by atoms with Gasteiger partial charge in [0.25, 0.3) is 5.69 Å². The van der Waals surface area contributed by atoms with E-state index in [2.05, 4.69) is 0 Å². The van der Waals surface area contributed by atoms with Gasteiger partial charge < -0.3 is 19.2 Å². The Labute approximate surface area is 128 Å². The van der Waals surface area contributed by atoms with Gasteiger partial charge in [-0.25, -0.2) is 0 Å². The fourth-order valence-electron chi connectivity index (χ4n) is 3.03. The fraction of sp³-hybridized carbons (Fsp3) is 0.533. The summed E-state index contributed by atoms with van der Waals surface area (Å²) >= 11 is 0. The number of hydrogen-bond donors (Lipinski definition) is 0. The molecule has 2 heterocycles. The van der Waals surface area contributed by atoms with Gasteiger partial charge in [-0.15, -0.1) is 0 Å². The lowest BCUT2D eigenvalue weighted by molar-refractivity contribution is -0.384. The van der Waals surface area contributed by atoms with Crippen LogP contribution in [0.5, 0.6) is 5.75 Å². The Kier molecular flexibility index (Phi) is 3.74. The highest BCUT2D eigenvalue weighted by atomic mass is 16.6. The second-order valence-corrected chi connectivity index (χ2v) is 5.90. The maximum Gasteiger partial charge on any atom is 0.293 e. The number of carbonyl (C=O) groups is 1. The highest BCUT2D eigenvalue weighted by Gasteiger charge is 2.37. The number of nitro benzene ring substituents is 1. The lowest BCUT2D eigenvalue weighted by atomic mass is 9.96. The Balaban J connectivity index is 1.98. The normalized spacial score (nSPS) is 23.8. The van der Waals surface area contributed by atoms with Gasteiger partial charge in [0.2, 0.25) is 0 Å². The lowest BCUT2D eigenvalue weighted by Gasteiger charge is -2.28. The van der Waals surface area contributed by atoms with Gasteiger partial charge in [0.15, 0.2) is 0 Å². The molecule has 7 heteroatoms. The molecule has 0 radical (unpaired) electrons. The Morgan fingerprint density at radius 1 is 1.41 bits per heavy atom. The molecule has 0 saturated carbocycles. The zero-order valence-electron chi connectivity index (χ0n) is 12.4. The molecule has 1 aromatic carbocycles. The molecule has 2 aliphatic rings. The number of benzene rings is 1. The van der Waals surface area contributed by atoms with Crippen LogP contribution in [0.15, 0.2) is 12.1 Å². The molecular formula is C15H18N2O5. The highest BCUT2D eigenvalue weighted by molar-refractivity contribution is 5.69. The number of anilines is 1. The second-order valence-electron chi connectivity index (χ2n) is 5.90. The zero-order valence-corrected chi connectivity index (χ0v) is 12.4. The number of morpholine rings is 1. The quantitative estimate of drug-likeness (QED) is 0.478. The lowest BCUT2D eigenvalue weighted by Crippen LogP contribution is -2.36. The zero-order chi connectivity index (χ0) is 15.7. The van der Waals surface area contributed by atoms with E-state index in [0.29, 0.717) is 44.2 Å². The van der Waals surface area contributed by atoms with Crippen molar-refractivity contribution in [2.75, 3.05) is 31.2 Å². The van der Waals surface area contributed by atoms with Gasteiger partial charge in [-0.3, -0.25) is 10.1 Å². The van der Waals surface area contributed by atoms with Crippen molar-refractivity contribution >= 4 is 17.7 Å². The van der Waals surface area contributed by atoms with Crippen LogP contribution in [0.25, 0.3) is 0 Å². The first-order valence-corrected chi connectivity index (χ1v) is 7.29. The van der Waals surface area contributed by atoms with Gasteiger partial charge in [0, 0.05) is 43.6 Å². The minimum Gasteiger partial charge on any atom is -0.486 e. The highest BCUT2D eigenvalue weighted by Crippen LogP contribution is 2.43. The van der Waals surface area contributed by atoms with Crippen molar-refractivity contribution in [1.82, 2.24) is 0 Å². The van der Waals surface area contributed by atoms with Gasteiger partial charge in [0.05, 0.1) is 18.1 Å². The van der Waals surface area contributed by atoms with Crippen molar-refractivity contribution in [2.24, 2.45) is 0 Å². The molecule has 0 bridgehead atoms. The second kappa shape index (κ2) is 5.57. The molecule has 2 aliphatic heterocycles. The maximum atomic E-state index is 11.4. The largest absolute Gasteiger partial charge is 0.486 e. The minimum absolute atomic E-state index is 0.0830. The van der Waals surface area contributed by atoms with Crippen LogP contribution < -0.4 is 9.64 Å². The summed E-state index contributed by atoms with van der Waals surface area (Å²) in [6, 6.07) is 3.31. The summed E-state index contributed by atoms with van der Waals surface area (Å²) in [5, 5.41) is 11.4. The van der Waals surface area contributed by atoms with E-state index in [-0.39, 0.29) is 17.0 Å². The first kappa shape index (κ1) is 14.8. The van der Waals surface area contributed by atoms with Crippen molar-refractivity contribution in [3.8, 4) is 5.75 Å². The predicted molar refractivity (Wildman–Crippen MR) is 79.5 cm³/mol. The third-order valence-electron chi connectivity index (χ3n) is 4.14. The molecule has 118 valence electrons. The molecule has 1 saturated heterocycles. The predicted octanol–water partition coefficient (Wildman–Crippen LogP) is 1.71. The van der Waals surface area contributed by atoms with E-state index in [1.165, 1.54) is 0 Å². The molecule has 3 rings (SSSR count). The van der Waals surface area contributed by atoms with Crippen molar-refractivity contribution in [3.05, 3.63) is 27.8 Å². The number of nitro groups is 1. The Morgan fingerprint density at radius 2 is 2.14 bits per heavy atom. The third kappa shape index (κ3) is 2.64. The summed E-state index contributed by atoms with van der Waals surface area (Å²) < 4.78 is 11.2. The molecule has 1 atom stereocenters. The Hall–Kier alpha value is -2.15. The van der Waals surface area contributed by atoms with Gasteiger partial charge in [0.1, 0.15) is 23.3 Å². The SMILES string of the molecule is CC1(CC=O)Cc2cc([N+](=O)[O-])c(N3CCOCC3)cc2O1. The number of carbonyl (C=O) groups excluding carboxylic acids is 1. The molecule has 0 aromatic heterocycles. The average Bonchev–Trinajstić information content (AvgIpc) is 2.82. The first-order chi connectivity index (χ1) is 10.5. The maximum absolute atomic E-state index is 11.4. The van der Waals surface area contributed by atoms with Crippen molar-refractivity contribution < 1.29 is 19.2 Å². The number of rotatable bonds is 4. The topological polar surface area (TPSA) is 81.9 Å². The summed E-state index contributed by atoms with van der Waals surface area (Å²) in [4.78, 5) is 23.8. The van der Waals surface area contributed by atoms with E-state index in [9.17, 15) is 14.9 Å². The molecule has 0 aliphatic carbocycles. The van der Waals surface area contributed by atoms with Crippen LogP contribution in [-0.2, 0) is 16.0 Å². The summed E-state index contributed by atoms with van der Waals surface area (Å²) in [7, 11) is 0. The van der Waals surface area contributed by atoms with Crippen molar-refractivity contribution in [1.29, 1.82) is 0 Å². The van der Waals surface area contributed by atoms with Crippen LogP contribution >= 0.6 is 0 Å². The molecule has 0 N–H and O–H groups in total. The van der Waals surface area contributed by atoms with E-state index < -0.39 is 5.60 Å². The summed E-state index contributed by atoms with van der Waals surface area (Å²) in [5.41, 5.74) is 0.816. The van der Waals surface area contributed by atoms with Crippen LogP contribution in [0.2, 0.25) is 0 Å². The molecule has 0 spiro atoms. The molecule has 22 heavy (non-hydrogen) atoms. The Bertz CT molecular complexity index is 612. The smallest absolute Gasteiger partial charge is 0.293 e. The number of fused-ring (bicyclic) bond motifs is 1. The van der Waals surface area contributed by atoms with Crippen molar-refractivity contribution in [3.63, 3.8) is 0 Å². The first-order valence-electron chi connectivity index (χ1n) is 7.29. The number of aldehydes is 1. The number of nitrogens with zero attached hydrogens (tertiary/aromatic N) is 2. The van der Waals surface area contributed by atoms with E-state index in [0.717, 1.165) is 11.8 Å². The third-order valence-corrected chi connectivity index (χ3v) is 4.14. The molecule has 1 unspecified atom stereocenters. The van der Waals surface area contributed by atoms with Crippen LogP contribution in [0.4, 0.5) is 11.4 Å². The summed E-state index contributed by atoms with van der Waals surface area (Å²) in [6.45, 7) is 4.19. The van der Waals surface area contributed by atoms with Crippen molar-refractivity contribution in [2.45, 2.75) is 25.4 Å². The van der Waals surface area contributed by atoms with Crippen LogP contribution in [0.3, 0.4) is 0 Å². The average molecular weight is 306 g/mol. The Morgan fingerprint density at radius 3 is 2.77 bits per heavy atom. The standard InChI is InChI=1S/C15H18N2O5/c1-15(2-5-18)10-11-8-13(17(19)20)12(9-14(11)22-15)16-3-6-21-7-4-16/h5,8-9H,2-4,6-7,10H2,1H3. The van der Waals surface area contributed by atoms with E-state index in [1.807, 2.05) is 11.8 Å². The molecule has 1 fully saturated rings. The molecule has 1 aromatic rings. The van der Waals surface area contributed by atoms with Gasteiger partial charge >= 0.3 is 0 Å². The number of hydrogen-bond acceptors (Lipinski definition) is 6. The fourth-order valence-corrected chi connectivity index (χ4v) is 3.03. The van der Waals surface area contributed by atoms with Crippen LogP contribution in [0, 0.1) is 10.1 Å². The molecular weight excluding hydrogens is 288 g/mol. The monoisotopic (exact) mass is 306 g/mol. The van der Waals surface area contributed by atoms with E-state index in [4.69, 9.17) is 9.47 Å². The summed E-state index contributed by atoms with van der Waals surface area (Å²) in [6.07, 6.45) is 1.59. The van der Waals surface area contributed by atoms with Gasteiger partial charge in [-0.1, -0.05) is 0 Å². The van der Waals surface area contributed by atoms with Crippen LogP contribution in [-0.4, -0.2) is 43.1 Å². The van der Waals surface area contributed by atoms with Gasteiger partial charge in [-0.05, 0) is 6.92 Å². The van der Waals surface area contributed by atoms with Gasteiger partial charge in [-0.2, -0.15) is 0 Å². The van der Waals surface area contributed by atoms with Crippen LogP contribution in [0.1, 0.15) is 18.9 Å². The van der Waals surface area contributed by atoms with E-state index in [1.54, 1.807) is 12.1 Å². The number of ether oxygens (including phenoxy) is 2. The molecule has 7 nitrogen and oxygen atoms in total.